The molecule has 1 amide bonds. The standard InChI is InChI=1S/C14H22N4O3S2/c1-4-15-14(22)18-17-13(19)7-8-16-23(20,21)12-6-5-10(2)11(3)9-12/h5-6,9,16H,4,7-8H2,1-3H3,(H,17,19)(H2,15,18,22). The second-order valence-electron chi connectivity index (χ2n) is 4.93. The maximum atomic E-state index is 12.1. The molecule has 0 fully saturated rings. The number of sulfonamides is 1. The molecule has 0 radical (unpaired) electrons. The molecule has 0 atom stereocenters. The topological polar surface area (TPSA) is 99.3 Å². The van der Waals surface area contributed by atoms with Crippen molar-refractivity contribution in [3.8, 4) is 0 Å². The van der Waals surface area contributed by atoms with E-state index in [-0.39, 0.29) is 23.8 Å². The van der Waals surface area contributed by atoms with Crippen molar-refractivity contribution in [2.75, 3.05) is 13.1 Å². The summed E-state index contributed by atoms with van der Waals surface area (Å²) in [5, 5.41) is 3.11. The molecule has 128 valence electrons. The molecule has 0 aliphatic rings. The summed E-state index contributed by atoms with van der Waals surface area (Å²) in [4.78, 5) is 11.8. The van der Waals surface area contributed by atoms with E-state index in [1.807, 2.05) is 20.8 Å². The molecular formula is C14H22N4O3S2. The average Bonchev–Trinajstić information content (AvgIpc) is 2.48. The molecule has 4 N–H and O–H groups in total. The molecule has 0 aliphatic heterocycles. The van der Waals surface area contributed by atoms with Crippen LogP contribution in [-0.4, -0.2) is 32.5 Å². The Bertz CT molecular complexity index is 675. The molecule has 9 heteroatoms. The normalized spacial score (nSPS) is 10.9. The SMILES string of the molecule is CCNC(=S)NNC(=O)CCNS(=O)(=O)c1ccc(C)c(C)c1. The van der Waals surface area contributed by atoms with Gasteiger partial charge in [-0.3, -0.25) is 15.6 Å². The van der Waals surface area contributed by atoms with Crippen molar-refractivity contribution in [1.29, 1.82) is 0 Å². The zero-order valence-electron chi connectivity index (χ0n) is 13.4. The van der Waals surface area contributed by atoms with Crippen molar-refractivity contribution in [1.82, 2.24) is 20.9 Å². The predicted octanol–water partition coefficient (Wildman–Crippen LogP) is 0.487. The highest BCUT2D eigenvalue weighted by atomic mass is 32.2. The van der Waals surface area contributed by atoms with Crippen molar-refractivity contribution in [3.63, 3.8) is 0 Å². The van der Waals surface area contributed by atoms with Gasteiger partial charge >= 0.3 is 0 Å². The van der Waals surface area contributed by atoms with Gasteiger partial charge in [-0.1, -0.05) is 6.07 Å². The molecule has 0 spiro atoms. The minimum absolute atomic E-state index is 0.00324. The maximum absolute atomic E-state index is 12.1. The largest absolute Gasteiger partial charge is 0.362 e. The Morgan fingerprint density at radius 1 is 1.17 bits per heavy atom. The first-order chi connectivity index (χ1) is 10.8. The first-order valence-electron chi connectivity index (χ1n) is 7.16. The fourth-order valence-corrected chi connectivity index (χ4v) is 2.97. The molecule has 0 unspecified atom stereocenters. The van der Waals surface area contributed by atoms with Crippen molar-refractivity contribution in [2.24, 2.45) is 0 Å². The number of benzene rings is 1. The number of carbonyl (C=O) groups excluding carboxylic acids is 1. The molecule has 7 nitrogen and oxygen atoms in total. The van der Waals surface area contributed by atoms with E-state index in [1.165, 1.54) is 0 Å². The lowest BCUT2D eigenvalue weighted by atomic mass is 10.1. The summed E-state index contributed by atoms with van der Waals surface area (Å²) < 4.78 is 26.7. The van der Waals surface area contributed by atoms with Crippen molar-refractivity contribution >= 4 is 33.3 Å². The van der Waals surface area contributed by atoms with E-state index in [0.717, 1.165) is 11.1 Å². The van der Waals surface area contributed by atoms with Crippen LogP contribution in [0.5, 0.6) is 0 Å². The third-order valence-electron chi connectivity index (χ3n) is 3.09. The Kier molecular flexibility index (Phi) is 7.40. The minimum Gasteiger partial charge on any atom is -0.362 e. The van der Waals surface area contributed by atoms with Crippen molar-refractivity contribution in [3.05, 3.63) is 29.3 Å². The maximum Gasteiger partial charge on any atom is 0.240 e. The number of aryl methyl sites for hydroxylation is 2. The summed E-state index contributed by atoms with van der Waals surface area (Å²) in [6.45, 7) is 6.26. The summed E-state index contributed by atoms with van der Waals surface area (Å²) in [7, 11) is -3.62. The molecule has 1 aromatic carbocycles. The summed E-state index contributed by atoms with van der Waals surface area (Å²) in [6.07, 6.45) is -0.00812. The van der Waals surface area contributed by atoms with E-state index in [0.29, 0.717) is 11.7 Å². The Hall–Kier alpha value is -1.71. The number of rotatable bonds is 6. The van der Waals surface area contributed by atoms with Crippen LogP contribution in [0, 0.1) is 13.8 Å². The highest BCUT2D eigenvalue weighted by Gasteiger charge is 2.14. The van der Waals surface area contributed by atoms with Gasteiger partial charge < -0.3 is 5.32 Å². The van der Waals surface area contributed by atoms with E-state index in [9.17, 15) is 13.2 Å². The minimum atomic E-state index is -3.62. The smallest absolute Gasteiger partial charge is 0.240 e. The quantitative estimate of drug-likeness (QED) is 0.436. The van der Waals surface area contributed by atoms with Crippen LogP contribution >= 0.6 is 12.2 Å². The van der Waals surface area contributed by atoms with Gasteiger partial charge in [0.25, 0.3) is 0 Å². The van der Waals surface area contributed by atoms with Gasteiger partial charge in [0.2, 0.25) is 15.9 Å². The molecule has 0 aliphatic carbocycles. The Labute approximate surface area is 142 Å². The zero-order chi connectivity index (χ0) is 17.5. The Balaban J connectivity index is 2.46. The molecule has 0 aromatic heterocycles. The van der Waals surface area contributed by atoms with Gasteiger partial charge in [0, 0.05) is 19.5 Å². The van der Waals surface area contributed by atoms with E-state index in [2.05, 4.69) is 20.9 Å². The number of nitrogens with one attached hydrogen (secondary N) is 4. The van der Waals surface area contributed by atoms with Crippen LogP contribution in [0.2, 0.25) is 0 Å². The van der Waals surface area contributed by atoms with Crippen molar-refractivity contribution < 1.29 is 13.2 Å². The molecule has 1 aromatic rings. The van der Waals surface area contributed by atoms with Gasteiger partial charge in [0.05, 0.1) is 4.90 Å². The fourth-order valence-electron chi connectivity index (χ4n) is 1.66. The molecular weight excluding hydrogens is 336 g/mol. The van der Waals surface area contributed by atoms with Crippen molar-refractivity contribution in [2.45, 2.75) is 32.1 Å². The van der Waals surface area contributed by atoms with Gasteiger partial charge in [-0.25, -0.2) is 13.1 Å². The zero-order valence-corrected chi connectivity index (χ0v) is 15.0. The van der Waals surface area contributed by atoms with Crippen LogP contribution in [-0.2, 0) is 14.8 Å². The number of carbonyl (C=O) groups is 1. The number of hydrazine groups is 1. The van der Waals surface area contributed by atoms with Gasteiger partial charge in [0.15, 0.2) is 5.11 Å². The molecule has 0 bridgehead atoms. The van der Waals surface area contributed by atoms with Crippen LogP contribution in [0.4, 0.5) is 0 Å². The number of thiocarbonyl (C=S) groups is 1. The summed E-state index contributed by atoms with van der Waals surface area (Å²) in [5.74, 6) is -0.368. The lowest BCUT2D eigenvalue weighted by Gasteiger charge is -2.11. The lowest BCUT2D eigenvalue weighted by Crippen LogP contribution is -2.47. The molecule has 1 rings (SSSR count). The summed E-state index contributed by atoms with van der Waals surface area (Å²) in [5.41, 5.74) is 6.82. The van der Waals surface area contributed by atoms with E-state index in [4.69, 9.17) is 12.2 Å². The highest BCUT2D eigenvalue weighted by molar-refractivity contribution is 7.89. The molecule has 23 heavy (non-hydrogen) atoms. The first-order valence-corrected chi connectivity index (χ1v) is 9.05. The second-order valence-corrected chi connectivity index (χ2v) is 7.10. The third kappa shape index (κ3) is 6.51. The highest BCUT2D eigenvalue weighted by Crippen LogP contribution is 2.14. The van der Waals surface area contributed by atoms with E-state index >= 15 is 0 Å². The first kappa shape index (κ1) is 19.3. The molecule has 0 saturated carbocycles. The number of amides is 1. The van der Waals surface area contributed by atoms with Gasteiger partial charge in [-0.15, -0.1) is 0 Å². The van der Waals surface area contributed by atoms with E-state index < -0.39 is 10.0 Å². The number of hydrogen-bond acceptors (Lipinski definition) is 4. The van der Waals surface area contributed by atoms with Gasteiger partial charge in [-0.05, 0) is 56.2 Å². The Morgan fingerprint density at radius 2 is 1.87 bits per heavy atom. The van der Waals surface area contributed by atoms with Crippen LogP contribution in [0.1, 0.15) is 24.5 Å². The summed E-state index contributed by atoms with van der Waals surface area (Å²) >= 11 is 4.88. The second kappa shape index (κ2) is 8.80. The Morgan fingerprint density at radius 3 is 2.48 bits per heavy atom. The van der Waals surface area contributed by atoms with Crippen LogP contribution < -0.4 is 20.9 Å². The van der Waals surface area contributed by atoms with Crippen LogP contribution in [0.25, 0.3) is 0 Å². The van der Waals surface area contributed by atoms with Crippen LogP contribution in [0.15, 0.2) is 23.1 Å². The molecule has 0 saturated heterocycles. The van der Waals surface area contributed by atoms with E-state index in [1.54, 1.807) is 18.2 Å². The molecule has 0 heterocycles. The van der Waals surface area contributed by atoms with Crippen LogP contribution in [0.3, 0.4) is 0 Å². The predicted molar refractivity (Wildman–Crippen MR) is 93.3 cm³/mol. The number of hydrogen-bond donors (Lipinski definition) is 4. The average molecular weight is 358 g/mol. The van der Waals surface area contributed by atoms with Gasteiger partial charge in [-0.2, -0.15) is 0 Å². The lowest BCUT2D eigenvalue weighted by molar-refractivity contribution is -0.121. The monoisotopic (exact) mass is 358 g/mol. The summed E-state index contributed by atoms with van der Waals surface area (Å²) in [6, 6.07) is 4.90. The fraction of sp³-hybridized carbons (Fsp3) is 0.429. The van der Waals surface area contributed by atoms with Gasteiger partial charge in [0.1, 0.15) is 0 Å². The third-order valence-corrected chi connectivity index (χ3v) is 4.79.